The van der Waals surface area contributed by atoms with Crippen molar-refractivity contribution in [3.05, 3.63) is 155 Å². The normalized spacial score (nSPS) is 27.0. The molecule has 3 aliphatic rings. The van der Waals surface area contributed by atoms with Crippen LogP contribution in [0.3, 0.4) is 0 Å². The van der Waals surface area contributed by atoms with Crippen molar-refractivity contribution >= 4 is 43.5 Å². The fourth-order valence-electron chi connectivity index (χ4n) is 15.5. The first-order valence-electron chi connectivity index (χ1n) is 32.6. The first-order chi connectivity index (χ1) is 39.9. The van der Waals surface area contributed by atoms with E-state index in [1.807, 2.05) is 48.7 Å². The maximum absolute atomic E-state index is 10.0. The Morgan fingerprint density at radius 2 is 1.37 bits per heavy atom. The highest BCUT2D eigenvalue weighted by molar-refractivity contribution is 6.24. The van der Waals surface area contributed by atoms with Crippen LogP contribution in [0.25, 0.3) is 77.1 Å². The van der Waals surface area contributed by atoms with Gasteiger partial charge in [-0.2, -0.15) is 0 Å². The number of fused-ring (bicyclic) bond motifs is 7. The second-order valence-corrected chi connectivity index (χ2v) is 25.3. The SMILES string of the molecule is [2H]C([2H])([2H])c1cnc(-c2cc(Oc3cc(-c4cc(C5CCC(C)(C6CCC(C7([2H])CC(C)(C)CC(C)(C)C7)CC6C)CC5C)c(C)cn4)c4oc5c(ccc6ccc7ccccc7c65)c4c3)c(C([2H])([2H])[2H])c(-c3ccccc3)c2)cc1C([2H])([2H])[2H]. The van der Waals surface area contributed by atoms with Gasteiger partial charge in [0.25, 0.3) is 0 Å². The van der Waals surface area contributed by atoms with Crippen LogP contribution in [0.4, 0.5) is 0 Å². The standard InChI is InChI=1S/C71H78N2O2/c1-42-30-63(72-39-45(42)4)52-31-59(48-17-13-12-14-18-48)47(6)65(32-52)74-54-33-60-57-25-23-50-22-21-49-19-15-16-20-56(49)66(50)68(57)75-67(60)61(34-54)64-35-58(46(5)40-73-64)55-27-28-71(11,36-44(55)3)62-26-24-51(29-43(62)2)53-37-69(7,8)41-70(9,10)38-53/h12-23,25,30-35,39-40,43-44,51,53,55,62H,24,26-29,36-38,41H2,1-11H3/i1D3,4D3,6D3,53D. The molecule has 75 heavy (non-hydrogen) atoms. The Kier molecular flexibility index (Phi) is 9.81. The molecule has 0 aliphatic heterocycles. The average Bonchev–Trinajstić information content (AvgIpc) is 1.82. The number of ether oxygens (including phenoxy) is 1. The summed E-state index contributed by atoms with van der Waals surface area (Å²) >= 11 is 0. The predicted molar refractivity (Wildman–Crippen MR) is 315 cm³/mol. The summed E-state index contributed by atoms with van der Waals surface area (Å²) in [7, 11) is 0. The van der Waals surface area contributed by atoms with Gasteiger partial charge in [0.2, 0.25) is 0 Å². The van der Waals surface area contributed by atoms with Gasteiger partial charge in [-0.1, -0.05) is 121 Å². The highest BCUT2D eigenvalue weighted by Crippen LogP contribution is 2.59. The number of hydrogen-bond acceptors (Lipinski definition) is 4. The van der Waals surface area contributed by atoms with Crippen LogP contribution in [0.5, 0.6) is 11.5 Å². The Morgan fingerprint density at radius 3 is 2.15 bits per heavy atom. The molecular weight excluding hydrogens is 913 g/mol. The van der Waals surface area contributed by atoms with Crippen molar-refractivity contribution in [3.8, 4) is 45.1 Å². The first kappa shape index (κ1) is 39.2. The Hall–Kier alpha value is -6.26. The van der Waals surface area contributed by atoms with Gasteiger partial charge in [0.1, 0.15) is 22.7 Å². The fourth-order valence-corrected chi connectivity index (χ4v) is 15.5. The molecule has 12 rings (SSSR count). The number of nitrogens with zero attached hydrogens (tertiary/aromatic N) is 2. The van der Waals surface area contributed by atoms with Crippen LogP contribution >= 0.6 is 0 Å². The quantitative estimate of drug-likeness (QED) is 0.142. The molecule has 6 aromatic carbocycles. The molecule has 0 N–H and O–H groups in total. The summed E-state index contributed by atoms with van der Waals surface area (Å²) in [4.78, 5) is 9.71. The number of hydrogen-bond donors (Lipinski definition) is 0. The number of furan rings is 1. The molecule has 4 heteroatoms. The monoisotopic (exact) mass is 1000 g/mol. The molecule has 3 aromatic heterocycles. The van der Waals surface area contributed by atoms with E-state index in [0.29, 0.717) is 68.5 Å². The molecule has 384 valence electrons. The van der Waals surface area contributed by atoms with E-state index in [9.17, 15) is 1.37 Å². The van der Waals surface area contributed by atoms with E-state index in [1.165, 1.54) is 24.5 Å². The zero-order valence-electron chi connectivity index (χ0n) is 55.1. The molecule has 3 saturated carbocycles. The number of pyridine rings is 2. The molecule has 0 saturated heterocycles. The van der Waals surface area contributed by atoms with Crippen molar-refractivity contribution in [2.75, 3.05) is 0 Å². The highest BCUT2D eigenvalue weighted by atomic mass is 16.5. The van der Waals surface area contributed by atoms with E-state index in [-0.39, 0.29) is 56.2 Å². The van der Waals surface area contributed by atoms with E-state index < -0.39 is 20.6 Å². The Morgan fingerprint density at radius 1 is 0.627 bits per heavy atom. The van der Waals surface area contributed by atoms with Crippen LogP contribution in [-0.4, -0.2) is 9.97 Å². The second kappa shape index (κ2) is 18.8. The molecule has 3 heterocycles. The summed E-state index contributed by atoms with van der Waals surface area (Å²) in [6.45, 7) is 10.9. The van der Waals surface area contributed by atoms with E-state index in [1.54, 1.807) is 24.3 Å². The summed E-state index contributed by atoms with van der Waals surface area (Å²) < 4.78 is 101. The molecule has 0 amide bonds. The van der Waals surface area contributed by atoms with Crippen molar-refractivity contribution in [3.63, 3.8) is 0 Å². The van der Waals surface area contributed by atoms with Gasteiger partial charge in [-0.15, -0.1) is 0 Å². The third-order valence-corrected chi connectivity index (χ3v) is 18.4. The van der Waals surface area contributed by atoms with E-state index in [2.05, 4.69) is 103 Å². The summed E-state index contributed by atoms with van der Waals surface area (Å²) in [5.41, 5.74) is 6.13. The lowest BCUT2D eigenvalue weighted by atomic mass is 9.52. The molecule has 0 bridgehead atoms. The largest absolute Gasteiger partial charge is 0.457 e. The minimum atomic E-state index is -2.80. The lowest BCUT2D eigenvalue weighted by Gasteiger charge is -2.53. The molecule has 0 spiro atoms. The molecule has 3 aliphatic carbocycles. The van der Waals surface area contributed by atoms with Gasteiger partial charge < -0.3 is 9.15 Å². The maximum Gasteiger partial charge on any atom is 0.145 e. The topological polar surface area (TPSA) is 48.2 Å². The number of aromatic nitrogens is 2. The van der Waals surface area contributed by atoms with Gasteiger partial charge in [0, 0.05) is 53.4 Å². The van der Waals surface area contributed by atoms with Gasteiger partial charge in [0.05, 0.1) is 11.4 Å². The zero-order valence-corrected chi connectivity index (χ0v) is 45.1. The second-order valence-electron chi connectivity index (χ2n) is 25.3. The van der Waals surface area contributed by atoms with Crippen LogP contribution < -0.4 is 4.74 Å². The zero-order chi connectivity index (χ0) is 60.6. The van der Waals surface area contributed by atoms with Crippen LogP contribution in [0.1, 0.15) is 154 Å². The number of benzene rings is 6. The minimum Gasteiger partial charge on any atom is -0.457 e. The number of rotatable bonds is 8. The summed E-state index contributed by atoms with van der Waals surface area (Å²) in [5.74, 6) is 2.18. The van der Waals surface area contributed by atoms with Crippen molar-refractivity contribution in [2.24, 2.45) is 45.8 Å². The summed E-state index contributed by atoms with van der Waals surface area (Å²) in [6, 6.07) is 36.2. The average molecular weight is 1000 g/mol. The number of aryl methyl sites for hydroxylation is 3. The van der Waals surface area contributed by atoms with Gasteiger partial charge in [-0.25, -0.2) is 0 Å². The van der Waals surface area contributed by atoms with Crippen LogP contribution in [0.15, 0.2) is 132 Å². The maximum atomic E-state index is 10.0. The fraction of sp³-hybridized carbons (Fsp3) is 0.408. The Bertz CT molecular complexity index is 4050. The summed E-state index contributed by atoms with van der Waals surface area (Å²) in [5, 5.41) is 5.71. The minimum absolute atomic E-state index is 0.0106. The van der Waals surface area contributed by atoms with Gasteiger partial charge >= 0.3 is 0 Å². The molecule has 6 unspecified atom stereocenters. The molecule has 6 atom stereocenters. The molecule has 9 aromatic rings. The van der Waals surface area contributed by atoms with E-state index in [0.717, 1.165) is 89.0 Å². The van der Waals surface area contributed by atoms with Gasteiger partial charge in [-0.3, -0.25) is 9.97 Å². The Balaban J connectivity index is 0.965. The van der Waals surface area contributed by atoms with E-state index in [4.69, 9.17) is 26.5 Å². The lowest BCUT2D eigenvalue weighted by Crippen LogP contribution is -2.43. The highest BCUT2D eigenvalue weighted by Gasteiger charge is 2.48. The van der Waals surface area contributed by atoms with Crippen molar-refractivity contribution < 1.29 is 22.9 Å². The van der Waals surface area contributed by atoms with Crippen LogP contribution in [0, 0.1) is 73.3 Å². The van der Waals surface area contributed by atoms with Crippen molar-refractivity contribution in [2.45, 2.75) is 140 Å². The van der Waals surface area contributed by atoms with Crippen molar-refractivity contribution in [1.29, 1.82) is 0 Å². The van der Waals surface area contributed by atoms with Crippen molar-refractivity contribution in [1.82, 2.24) is 9.97 Å². The third kappa shape index (κ3) is 9.16. The molecule has 4 nitrogen and oxygen atoms in total. The lowest BCUT2D eigenvalue weighted by molar-refractivity contribution is -0.0239. The predicted octanol–water partition coefficient (Wildman–Crippen LogP) is 20.5. The van der Waals surface area contributed by atoms with E-state index >= 15 is 0 Å². The van der Waals surface area contributed by atoms with Crippen LogP contribution in [0.2, 0.25) is 0 Å². The summed E-state index contributed by atoms with van der Waals surface area (Å²) in [6.07, 6.45) is 12.9. The smallest absolute Gasteiger partial charge is 0.145 e. The molecular formula is C71H78N2O2. The Labute approximate surface area is 460 Å². The van der Waals surface area contributed by atoms with Gasteiger partial charge in [0.15, 0.2) is 0 Å². The van der Waals surface area contributed by atoms with Crippen LogP contribution in [-0.2, 0) is 0 Å². The first-order valence-corrected chi connectivity index (χ1v) is 27.6. The van der Waals surface area contributed by atoms with Gasteiger partial charge in [-0.05, 0) is 235 Å². The molecule has 3 fully saturated rings. The third-order valence-electron chi connectivity index (χ3n) is 18.4. The molecule has 0 radical (unpaired) electrons.